The zero-order valence-corrected chi connectivity index (χ0v) is 26.7. The molecule has 0 aromatic rings. The average molecular weight is 585 g/mol. The van der Waals surface area contributed by atoms with Gasteiger partial charge in [-0.3, -0.25) is 0 Å². The van der Waals surface area contributed by atoms with E-state index in [1.807, 2.05) is 0 Å². The fourth-order valence-corrected chi connectivity index (χ4v) is 9.80. The smallest absolute Gasteiger partial charge is 0.415 e. The van der Waals surface area contributed by atoms with Crippen LogP contribution in [0.5, 0.6) is 0 Å². The van der Waals surface area contributed by atoms with E-state index in [0.29, 0.717) is 18.4 Å². The molecular weight excluding hydrogens is 535 g/mol. The maximum absolute atomic E-state index is 13.1. The van der Waals surface area contributed by atoms with Crippen LogP contribution in [0.4, 0.5) is 22.0 Å². The molecule has 0 heterocycles. The lowest BCUT2D eigenvalue weighted by atomic mass is 10.0. The molecule has 0 N–H and O–H groups in total. The molecular formula is C23H49F5O5Si3. The largest absolute Gasteiger partial charge is 0.500 e. The number of rotatable bonds is 20. The van der Waals surface area contributed by atoms with Crippen molar-refractivity contribution >= 4 is 25.2 Å². The van der Waals surface area contributed by atoms with Crippen LogP contribution in [0.25, 0.3) is 0 Å². The van der Waals surface area contributed by atoms with Gasteiger partial charge in [-0.15, -0.1) is 0 Å². The Hall–Kier alpha value is 0.101. The SMILES string of the molecule is CO[Si](CCCCCCC(C(CCCOCC(F)(F)C(F)(F)F)O[Si](C)(C)C)[Si](C)(C)C)(OC)OC. The molecule has 0 saturated carbocycles. The van der Waals surface area contributed by atoms with Gasteiger partial charge in [0.2, 0.25) is 0 Å². The fourth-order valence-electron chi connectivity index (χ4n) is 4.26. The number of alkyl halides is 5. The summed E-state index contributed by atoms with van der Waals surface area (Å²) >= 11 is 0. The highest BCUT2D eigenvalue weighted by atomic mass is 28.4. The maximum atomic E-state index is 13.1. The van der Waals surface area contributed by atoms with Gasteiger partial charge in [0.25, 0.3) is 0 Å². The molecule has 36 heavy (non-hydrogen) atoms. The van der Waals surface area contributed by atoms with Crippen molar-refractivity contribution in [2.24, 2.45) is 0 Å². The van der Waals surface area contributed by atoms with Crippen LogP contribution in [0.1, 0.15) is 44.9 Å². The first-order valence-electron chi connectivity index (χ1n) is 12.7. The van der Waals surface area contributed by atoms with Crippen LogP contribution in [0, 0.1) is 0 Å². The number of unbranched alkanes of at least 4 members (excludes halogenated alkanes) is 3. The third-order valence-corrected chi connectivity index (χ3v) is 12.9. The topological polar surface area (TPSA) is 46.2 Å². The van der Waals surface area contributed by atoms with Crippen LogP contribution in [0.2, 0.25) is 50.9 Å². The van der Waals surface area contributed by atoms with E-state index in [0.717, 1.165) is 38.1 Å². The minimum absolute atomic E-state index is 0.0504. The van der Waals surface area contributed by atoms with E-state index in [-0.39, 0.29) is 12.7 Å². The first-order chi connectivity index (χ1) is 16.3. The van der Waals surface area contributed by atoms with E-state index in [1.165, 1.54) is 0 Å². The van der Waals surface area contributed by atoms with E-state index in [2.05, 4.69) is 39.3 Å². The second-order valence-electron chi connectivity index (χ2n) is 11.4. The fraction of sp³-hybridized carbons (Fsp3) is 1.00. The van der Waals surface area contributed by atoms with E-state index in [1.54, 1.807) is 21.3 Å². The zero-order valence-electron chi connectivity index (χ0n) is 23.7. The predicted molar refractivity (Wildman–Crippen MR) is 141 cm³/mol. The van der Waals surface area contributed by atoms with Crippen molar-refractivity contribution in [2.75, 3.05) is 34.5 Å². The number of hydrogen-bond acceptors (Lipinski definition) is 5. The van der Waals surface area contributed by atoms with Gasteiger partial charge in [0.05, 0.1) is 8.07 Å². The van der Waals surface area contributed by atoms with Crippen molar-refractivity contribution in [3.8, 4) is 0 Å². The Labute approximate surface area is 218 Å². The molecule has 0 aromatic heterocycles. The summed E-state index contributed by atoms with van der Waals surface area (Å²) in [6, 6.07) is 0.767. The average Bonchev–Trinajstić information content (AvgIpc) is 2.72. The van der Waals surface area contributed by atoms with Gasteiger partial charge in [-0.05, 0) is 44.4 Å². The predicted octanol–water partition coefficient (Wildman–Crippen LogP) is 7.74. The van der Waals surface area contributed by atoms with Crippen LogP contribution in [-0.4, -0.2) is 77.9 Å². The van der Waals surface area contributed by atoms with Gasteiger partial charge in [0.1, 0.15) is 6.61 Å². The van der Waals surface area contributed by atoms with Gasteiger partial charge in [-0.25, -0.2) is 0 Å². The van der Waals surface area contributed by atoms with Gasteiger partial charge in [-0.2, -0.15) is 22.0 Å². The van der Waals surface area contributed by atoms with Crippen molar-refractivity contribution < 1.29 is 44.4 Å². The molecule has 5 nitrogen and oxygen atoms in total. The minimum atomic E-state index is -5.60. The molecule has 0 amide bonds. The minimum Gasteiger partial charge on any atom is -0.415 e. The summed E-state index contributed by atoms with van der Waals surface area (Å²) in [5, 5.41) is 0. The first-order valence-corrected chi connectivity index (χ1v) is 21.6. The van der Waals surface area contributed by atoms with Crippen molar-refractivity contribution in [1.82, 2.24) is 0 Å². The Morgan fingerprint density at radius 1 is 0.694 bits per heavy atom. The maximum Gasteiger partial charge on any atom is 0.500 e. The third-order valence-electron chi connectivity index (χ3n) is 6.22. The van der Waals surface area contributed by atoms with Crippen molar-refractivity contribution in [2.45, 2.75) is 114 Å². The van der Waals surface area contributed by atoms with Crippen molar-refractivity contribution in [3.05, 3.63) is 0 Å². The van der Waals surface area contributed by atoms with Gasteiger partial charge >= 0.3 is 20.9 Å². The summed E-state index contributed by atoms with van der Waals surface area (Å²) in [6.07, 6.45) is 0.388. The van der Waals surface area contributed by atoms with Gasteiger partial charge < -0.3 is 22.4 Å². The Balaban J connectivity index is 4.93. The molecule has 2 atom stereocenters. The number of hydrogen-bond donors (Lipinski definition) is 0. The summed E-state index contributed by atoms with van der Waals surface area (Å²) in [5.74, 6) is -4.83. The second kappa shape index (κ2) is 15.6. The highest BCUT2D eigenvalue weighted by Crippen LogP contribution is 2.38. The van der Waals surface area contributed by atoms with E-state index >= 15 is 0 Å². The summed E-state index contributed by atoms with van der Waals surface area (Å²) in [7, 11) is -1.26. The molecule has 0 aromatic carbocycles. The molecule has 13 heteroatoms. The van der Waals surface area contributed by atoms with E-state index in [9.17, 15) is 22.0 Å². The molecule has 0 rings (SSSR count). The van der Waals surface area contributed by atoms with Gasteiger partial charge in [0.15, 0.2) is 8.32 Å². The normalized spacial score (nSPS) is 15.8. The van der Waals surface area contributed by atoms with Crippen LogP contribution in [0.3, 0.4) is 0 Å². The Morgan fingerprint density at radius 3 is 1.67 bits per heavy atom. The lowest BCUT2D eigenvalue weighted by Crippen LogP contribution is -2.43. The molecule has 0 fully saturated rings. The highest BCUT2D eigenvalue weighted by molar-refractivity contribution is 6.78. The van der Waals surface area contributed by atoms with Gasteiger partial charge in [0, 0.05) is 40.1 Å². The summed E-state index contributed by atoms with van der Waals surface area (Å²) in [6.45, 7) is 11.4. The molecule has 0 radical (unpaired) electrons. The quantitative estimate of drug-likeness (QED) is 0.0832. The monoisotopic (exact) mass is 584 g/mol. The molecule has 0 saturated heterocycles. The Morgan fingerprint density at radius 2 is 1.22 bits per heavy atom. The molecule has 0 aliphatic rings. The molecule has 218 valence electrons. The molecule has 0 aliphatic heterocycles. The lowest BCUT2D eigenvalue weighted by molar-refractivity contribution is -0.296. The summed E-state index contributed by atoms with van der Waals surface area (Å²) < 4.78 is 90.9. The lowest BCUT2D eigenvalue weighted by Gasteiger charge is -2.39. The summed E-state index contributed by atoms with van der Waals surface area (Å²) in [5.41, 5.74) is 0.353. The first kappa shape index (κ1) is 36.1. The molecule has 0 aliphatic carbocycles. The standard InChI is InChI=1S/C23H49F5O5Si3/c1-29-36(30-2,31-3)18-13-11-10-12-16-21(34(4,5)6)20(33-35(7,8)9)15-14-17-32-19-22(24,25)23(26,27)28/h20-21H,10-19H2,1-9H3. The third kappa shape index (κ3) is 13.8. The van der Waals surface area contributed by atoms with Crippen molar-refractivity contribution in [1.29, 1.82) is 0 Å². The second-order valence-corrected chi connectivity index (χ2v) is 24.4. The Kier molecular flexibility index (Phi) is 15.7. The van der Waals surface area contributed by atoms with Crippen LogP contribution in [0.15, 0.2) is 0 Å². The highest BCUT2D eigenvalue weighted by Gasteiger charge is 2.57. The van der Waals surface area contributed by atoms with Crippen molar-refractivity contribution in [3.63, 3.8) is 0 Å². The van der Waals surface area contributed by atoms with Crippen LogP contribution in [-0.2, 0) is 22.4 Å². The Bertz CT molecular complexity index is 586. The zero-order chi connectivity index (χ0) is 28.3. The van der Waals surface area contributed by atoms with Gasteiger partial charge in [-0.1, -0.05) is 45.3 Å². The molecule has 0 spiro atoms. The number of ether oxygens (including phenoxy) is 1. The molecule has 0 bridgehead atoms. The summed E-state index contributed by atoms with van der Waals surface area (Å²) in [4.78, 5) is 0. The molecule has 2 unspecified atom stereocenters. The van der Waals surface area contributed by atoms with E-state index < -0.39 is 43.9 Å². The number of halogens is 5. The van der Waals surface area contributed by atoms with Crippen LogP contribution >= 0.6 is 0 Å². The van der Waals surface area contributed by atoms with Crippen LogP contribution < -0.4 is 0 Å². The van der Waals surface area contributed by atoms with E-state index in [4.69, 9.17) is 22.4 Å².